The number of fused-ring (bicyclic) bond motifs is 10. The van der Waals surface area contributed by atoms with Crippen LogP contribution in [0.1, 0.15) is 130 Å². The summed E-state index contributed by atoms with van der Waals surface area (Å²) in [7, 11) is -1.23. The lowest BCUT2D eigenvalue weighted by Crippen LogP contribution is -2.52. The number of ether oxygens (including phenoxy) is 2. The van der Waals surface area contributed by atoms with E-state index >= 15 is 0 Å². The second-order valence-corrected chi connectivity index (χ2v) is 27.2. The van der Waals surface area contributed by atoms with Gasteiger partial charge in [0.2, 0.25) is 0 Å². The van der Waals surface area contributed by atoms with Gasteiger partial charge in [0.25, 0.3) is 0 Å². The molecule has 5 nitrogen and oxygen atoms in total. The first kappa shape index (κ1) is 36.6. The van der Waals surface area contributed by atoms with Gasteiger partial charge in [-0.15, -0.1) is 0 Å². The molecule has 8 aliphatic rings. The Labute approximate surface area is 310 Å². The van der Waals surface area contributed by atoms with Crippen molar-refractivity contribution in [2.75, 3.05) is 6.61 Å². The minimum absolute atomic E-state index is 0.00996. The predicted molar refractivity (Wildman–Crippen MR) is 205 cm³/mol. The summed E-state index contributed by atoms with van der Waals surface area (Å²) < 4.78 is 12.5. The molecule has 0 aromatic rings. The smallest absolute Gasteiger partial charge is 0.309 e. The summed E-state index contributed by atoms with van der Waals surface area (Å²) >= 11 is 0. The number of carbonyl (C=O) groups is 2. The van der Waals surface area contributed by atoms with Crippen LogP contribution in [0, 0.1) is 69.0 Å². The molecule has 0 bridgehead atoms. The molecule has 8 rings (SSSR count). The highest BCUT2D eigenvalue weighted by atomic mass is 28.3. The molecule has 0 spiro atoms. The molecule has 14 atom stereocenters. The van der Waals surface area contributed by atoms with Crippen LogP contribution >= 0.6 is 0 Å². The first-order chi connectivity index (χ1) is 24.1. The highest BCUT2D eigenvalue weighted by Gasteiger charge is 2.62. The molecule has 284 valence electrons. The van der Waals surface area contributed by atoms with E-state index in [4.69, 9.17) is 9.47 Å². The summed E-state index contributed by atoms with van der Waals surface area (Å²) in [5.74, 6) is 4.13. The summed E-state index contributed by atoms with van der Waals surface area (Å²) in [5, 5.41) is 10.4. The molecule has 51 heavy (non-hydrogen) atoms. The largest absolute Gasteiger partial charge is 0.466 e. The van der Waals surface area contributed by atoms with E-state index in [0.29, 0.717) is 42.1 Å². The summed E-state index contributed by atoms with van der Waals surface area (Å²) in [4.78, 5) is 27.6. The van der Waals surface area contributed by atoms with Crippen LogP contribution < -0.4 is 0 Å². The minimum atomic E-state index is -1.23. The van der Waals surface area contributed by atoms with Gasteiger partial charge in [-0.2, -0.15) is 0 Å². The monoisotopic (exact) mass is 718 g/mol. The van der Waals surface area contributed by atoms with E-state index in [9.17, 15) is 14.7 Å². The molecule has 0 radical (unpaired) electrons. The van der Waals surface area contributed by atoms with Crippen LogP contribution in [-0.4, -0.2) is 43.9 Å². The standard InChI is InChI=1S/C45H70O5Si/c1-42-20-16-30(46)26-28(42)8-10-32-35-13-15-39(45(35,4)23-19-36(32)42)41(48)50-31-17-21-43(2)29(27-31)9-11-33-34-12-14-38(44(34,3)22-18-37(33)43)40(47)49-24-25-51(5,6)7/h8-9,30-39,46H,10-27H2,1-7H3/t30-,31-,32-,33-,34-,35-,36-,37-,38+,39+,42-,43-,44-,45-/m0/s1. The zero-order valence-electron chi connectivity index (χ0n) is 33.2. The van der Waals surface area contributed by atoms with Crippen LogP contribution in [0.5, 0.6) is 0 Å². The molecule has 8 aliphatic carbocycles. The van der Waals surface area contributed by atoms with E-state index in [2.05, 4.69) is 59.5 Å². The van der Waals surface area contributed by atoms with E-state index in [0.717, 1.165) is 95.9 Å². The quantitative estimate of drug-likeness (QED) is 0.168. The van der Waals surface area contributed by atoms with Crippen LogP contribution in [-0.2, 0) is 19.1 Å². The van der Waals surface area contributed by atoms with Gasteiger partial charge in [0.1, 0.15) is 6.10 Å². The molecule has 1 N–H and O–H groups in total. The van der Waals surface area contributed by atoms with Gasteiger partial charge in [-0.25, -0.2) is 0 Å². The Morgan fingerprint density at radius 2 is 1.22 bits per heavy atom. The molecule has 0 aromatic heterocycles. The fourth-order valence-electron chi connectivity index (χ4n) is 14.9. The minimum Gasteiger partial charge on any atom is -0.466 e. The number of carbonyl (C=O) groups excluding carboxylic acids is 2. The Hall–Kier alpha value is -1.40. The van der Waals surface area contributed by atoms with E-state index in [1.165, 1.54) is 18.4 Å². The molecule has 0 saturated heterocycles. The first-order valence-corrected chi connectivity index (χ1v) is 25.2. The highest BCUT2D eigenvalue weighted by molar-refractivity contribution is 6.76. The number of hydrogen-bond acceptors (Lipinski definition) is 5. The van der Waals surface area contributed by atoms with Gasteiger partial charge in [-0.05, 0) is 160 Å². The van der Waals surface area contributed by atoms with Crippen molar-refractivity contribution in [2.45, 2.75) is 168 Å². The average molecular weight is 719 g/mol. The number of rotatable bonds is 6. The Balaban J connectivity index is 0.903. The second kappa shape index (κ2) is 12.8. The van der Waals surface area contributed by atoms with Crippen molar-refractivity contribution in [1.29, 1.82) is 0 Å². The molecule has 0 heterocycles. The maximum atomic E-state index is 14.2. The van der Waals surface area contributed by atoms with Crippen LogP contribution in [0.15, 0.2) is 23.3 Å². The van der Waals surface area contributed by atoms with Crippen molar-refractivity contribution >= 4 is 20.0 Å². The third-order valence-electron chi connectivity index (χ3n) is 18.1. The molecular weight excluding hydrogens is 649 g/mol. The van der Waals surface area contributed by atoms with Crippen molar-refractivity contribution in [3.05, 3.63) is 23.3 Å². The predicted octanol–water partition coefficient (Wildman–Crippen LogP) is 10.3. The molecule has 0 unspecified atom stereocenters. The van der Waals surface area contributed by atoms with Gasteiger partial charge >= 0.3 is 11.9 Å². The van der Waals surface area contributed by atoms with Crippen molar-refractivity contribution in [3.8, 4) is 0 Å². The van der Waals surface area contributed by atoms with Gasteiger partial charge < -0.3 is 14.6 Å². The molecule has 0 aromatic carbocycles. The number of allylic oxidation sites excluding steroid dienone is 2. The first-order valence-electron chi connectivity index (χ1n) is 21.5. The summed E-state index contributed by atoms with van der Waals surface area (Å²) in [6.07, 6.45) is 22.1. The Morgan fingerprint density at radius 1 is 0.686 bits per heavy atom. The lowest BCUT2D eigenvalue weighted by Gasteiger charge is -2.58. The number of esters is 2. The second-order valence-electron chi connectivity index (χ2n) is 21.5. The third kappa shape index (κ3) is 5.91. The van der Waals surface area contributed by atoms with Gasteiger partial charge in [-0.1, -0.05) is 70.6 Å². The summed E-state index contributed by atoms with van der Waals surface area (Å²) in [6, 6.07) is 1.05. The maximum Gasteiger partial charge on any atom is 0.309 e. The molecule has 6 fully saturated rings. The average Bonchev–Trinajstić information content (AvgIpc) is 3.61. The molecule has 0 amide bonds. The van der Waals surface area contributed by atoms with Gasteiger partial charge in [0.15, 0.2) is 0 Å². The maximum absolute atomic E-state index is 14.2. The zero-order chi connectivity index (χ0) is 36.1. The summed E-state index contributed by atoms with van der Waals surface area (Å²) in [6.45, 7) is 17.5. The molecule has 6 saturated carbocycles. The van der Waals surface area contributed by atoms with Crippen LogP contribution in [0.25, 0.3) is 0 Å². The van der Waals surface area contributed by atoms with Crippen LogP contribution in [0.4, 0.5) is 0 Å². The van der Waals surface area contributed by atoms with Crippen LogP contribution in [0.3, 0.4) is 0 Å². The topological polar surface area (TPSA) is 72.8 Å². The van der Waals surface area contributed by atoms with Crippen LogP contribution in [0.2, 0.25) is 25.7 Å². The van der Waals surface area contributed by atoms with Gasteiger partial charge in [0.05, 0.1) is 24.5 Å². The lowest BCUT2D eigenvalue weighted by molar-refractivity contribution is -0.164. The van der Waals surface area contributed by atoms with E-state index in [1.54, 1.807) is 5.57 Å². The zero-order valence-corrected chi connectivity index (χ0v) is 34.2. The van der Waals surface area contributed by atoms with Crippen molar-refractivity contribution in [2.24, 2.45) is 69.0 Å². The Morgan fingerprint density at radius 3 is 1.78 bits per heavy atom. The number of aliphatic hydroxyl groups is 1. The Bertz CT molecular complexity index is 1460. The van der Waals surface area contributed by atoms with E-state index in [-0.39, 0.29) is 57.6 Å². The fraction of sp³-hybridized carbons (Fsp3) is 0.867. The van der Waals surface area contributed by atoms with E-state index in [1.807, 2.05) is 0 Å². The number of hydrogen-bond donors (Lipinski definition) is 1. The Kier molecular flexibility index (Phi) is 9.21. The lowest BCUT2D eigenvalue weighted by atomic mass is 9.47. The normalized spacial score (nSPS) is 48.8. The fourth-order valence-corrected chi connectivity index (χ4v) is 15.7. The SMILES string of the molecule is C[C@]12CC[C@H]3[C@@H](CC=C4C[C@@H](OC(=O)[C@H]5CC[C@H]6[C@@H]7CC=C8C[C@@H](O)CC[C@]8(C)[C@H]7CC[C@]56C)CC[C@@]43C)[C@@H]1CC[C@@H]2C(=O)OCC[Si](C)(C)C. The number of aliphatic hydroxyl groups excluding tert-OH is 1. The van der Waals surface area contributed by atoms with Crippen molar-refractivity contribution in [1.82, 2.24) is 0 Å². The summed E-state index contributed by atoms with van der Waals surface area (Å²) in [5.41, 5.74) is 3.61. The van der Waals surface area contributed by atoms with Crippen molar-refractivity contribution < 1.29 is 24.2 Å². The van der Waals surface area contributed by atoms with Crippen molar-refractivity contribution in [3.63, 3.8) is 0 Å². The van der Waals surface area contributed by atoms with Gasteiger partial charge in [0, 0.05) is 14.5 Å². The van der Waals surface area contributed by atoms with E-state index < -0.39 is 8.07 Å². The van der Waals surface area contributed by atoms with Gasteiger partial charge in [-0.3, -0.25) is 9.59 Å². The molecular formula is C45H70O5Si. The molecule has 0 aliphatic heterocycles. The third-order valence-corrected chi connectivity index (χ3v) is 19.8. The molecule has 6 heteroatoms. The highest BCUT2D eigenvalue weighted by Crippen LogP contribution is 2.68.